The zero-order chi connectivity index (χ0) is 9.38. The number of hydrogen-bond donors (Lipinski definition) is 1. The lowest BCUT2D eigenvalue weighted by atomic mass is 9.84. The van der Waals surface area contributed by atoms with Gasteiger partial charge >= 0.3 is 0 Å². The van der Waals surface area contributed by atoms with Crippen molar-refractivity contribution in [1.29, 1.82) is 0 Å². The molecule has 1 heteroatoms. The lowest BCUT2D eigenvalue weighted by molar-refractivity contribution is 0.379. The van der Waals surface area contributed by atoms with E-state index >= 15 is 0 Å². The number of nitrogens with one attached hydrogen (secondary N) is 1. The third kappa shape index (κ3) is 1.27. The minimum atomic E-state index is 0.669. The Hall–Kier alpha value is -0.820. The van der Waals surface area contributed by atoms with E-state index in [4.69, 9.17) is 0 Å². The molecule has 0 saturated carbocycles. The lowest BCUT2D eigenvalue weighted by Gasteiger charge is -2.32. The van der Waals surface area contributed by atoms with E-state index in [2.05, 4.69) is 23.5 Å². The van der Waals surface area contributed by atoms with Gasteiger partial charge < -0.3 is 5.32 Å². The first-order chi connectivity index (χ1) is 6.95. The smallest absolute Gasteiger partial charge is 0.0335 e. The summed E-state index contributed by atoms with van der Waals surface area (Å²) in [6, 6.07) is 7.54. The van der Waals surface area contributed by atoms with Gasteiger partial charge in [0, 0.05) is 6.04 Å². The van der Waals surface area contributed by atoms with Crippen molar-refractivity contribution >= 4 is 0 Å². The van der Waals surface area contributed by atoms with Crippen molar-refractivity contribution in [1.82, 2.24) is 5.32 Å². The summed E-state index contributed by atoms with van der Waals surface area (Å²) in [5.74, 6) is 0. The van der Waals surface area contributed by atoms with Crippen molar-refractivity contribution < 1.29 is 0 Å². The van der Waals surface area contributed by atoms with Gasteiger partial charge in [-0.3, -0.25) is 0 Å². The van der Waals surface area contributed by atoms with E-state index in [1.54, 1.807) is 16.7 Å². The highest BCUT2D eigenvalue weighted by Crippen LogP contribution is 2.31. The SMILES string of the molecule is c1cc2c(c([C@H]3CCN3)c1)CCCC2. The highest BCUT2D eigenvalue weighted by Gasteiger charge is 2.23. The van der Waals surface area contributed by atoms with Gasteiger partial charge in [-0.15, -0.1) is 0 Å². The summed E-state index contributed by atoms with van der Waals surface area (Å²) >= 11 is 0. The third-order valence-corrected chi connectivity index (χ3v) is 3.63. The summed E-state index contributed by atoms with van der Waals surface area (Å²) in [6.07, 6.45) is 6.71. The van der Waals surface area contributed by atoms with E-state index in [0.717, 1.165) is 0 Å². The van der Waals surface area contributed by atoms with E-state index in [1.807, 2.05) is 0 Å². The maximum absolute atomic E-state index is 3.51. The fraction of sp³-hybridized carbons (Fsp3) is 0.538. The van der Waals surface area contributed by atoms with Gasteiger partial charge in [-0.25, -0.2) is 0 Å². The molecule has 1 heterocycles. The summed E-state index contributed by atoms with van der Waals surface area (Å²) < 4.78 is 0. The Balaban J connectivity index is 2.01. The topological polar surface area (TPSA) is 12.0 Å². The Morgan fingerprint density at radius 3 is 2.79 bits per heavy atom. The molecule has 0 bridgehead atoms. The van der Waals surface area contributed by atoms with Crippen molar-refractivity contribution in [2.75, 3.05) is 6.54 Å². The van der Waals surface area contributed by atoms with Crippen LogP contribution in [0.4, 0.5) is 0 Å². The summed E-state index contributed by atoms with van der Waals surface area (Å²) in [5, 5.41) is 3.51. The number of aryl methyl sites for hydroxylation is 1. The Bertz CT molecular complexity index is 339. The second-order valence-corrected chi connectivity index (χ2v) is 4.49. The Kier molecular flexibility index (Phi) is 2.06. The molecule has 1 aromatic rings. The highest BCUT2D eigenvalue weighted by molar-refractivity contribution is 5.39. The van der Waals surface area contributed by atoms with Gasteiger partial charge in [0.05, 0.1) is 0 Å². The van der Waals surface area contributed by atoms with Gasteiger partial charge in [-0.2, -0.15) is 0 Å². The van der Waals surface area contributed by atoms with Crippen LogP contribution in [0, 0.1) is 0 Å². The fourth-order valence-electron chi connectivity index (χ4n) is 2.69. The molecular formula is C13H17N. The molecule has 0 amide bonds. The quantitative estimate of drug-likeness (QED) is 0.712. The van der Waals surface area contributed by atoms with E-state index in [-0.39, 0.29) is 0 Å². The minimum Gasteiger partial charge on any atom is -0.310 e. The van der Waals surface area contributed by atoms with Gasteiger partial charge in [0.2, 0.25) is 0 Å². The van der Waals surface area contributed by atoms with Crippen LogP contribution in [-0.2, 0) is 12.8 Å². The van der Waals surface area contributed by atoms with Gasteiger partial charge in [0.25, 0.3) is 0 Å². The molecule has 1 atom stereocenters. The molecule has 3 rings (SSSR count). The number of rotatable bonds is 1. The van der Waals surface area contributed by atoms with Crippen molar-refractivity contribution in [3.63, 3.8) is 0 Å². The fourth-order valence-corrected chi connectivity index (χ4v) is 2.69. The molecule has 1 nitrogen and oxygen atoms in total. The number of fused-ring (bicyclic) bond motifs is 1. The molecule has 2 aliphatic rings. The summed E-state index contributed by atoms with van der Waals surface area (Å²) in [7, 11) is 0. The van der Waals surface area contributed by atoms with Crippen LogP contribution in [0.25, 0.3) is 0 Å². The minimum absolute atomic E-state index is 0.669. The summed E-state index contributed by atoms with van der Waals surface area (Å²) in [5.41, 5.74) is 4.87. The first kappa shape index (κ1) is 8.49. The molecule has 0 unspecified atom stereocenters. The molecule has 1 N–H and O–H groups in total. The van der Waals surface area contributed by atoms with E-state index < -0.39 is 0 Å². The highest BCUT2D eigenvalue weighted by atomic mass is 15.0. The standard InChI is InChI=1S/C13H17N/c1-2-6-11-10(4-1)5-3-7-12(11)13-8-9-14-13/h3,5,7,13-14H,1-2,4,6,8-9H2/t13-/m1/s1. The maximum atomic E-state index is 3.51. The molecule has 1 fully saturated rings. The normalized spacial score (nSPS) is 25.3. The number of benzene rings is 1. The molecule has 0 aromatic heterocycles. The van der Waals surface area contributed by atoms with E-state index in [0.29, 0.717) is 6.04 Å². The molecule has 0 radical (unpaired) electrons. The van der Waals surface area contributed by atoms with Crippen LogP contribution in [-0.4, -0.2) is 6.54 Å². The monoisotopic (exact) mass is 187 g/mol. The van der Waals surface area contributed by atoms with E-state index in [1.165, 1.54) is 38.6 Å². The average Bonchev–Trinajstić information content (AvgIpc) is 2.16. The van der Waals surface area contributed by atoms with Crippen LogP contribution in [0.2, 0.25) is 0 Å². The Morgan fingerprint density at radius 1 is 1.14 bits per heavy atom. The zero-order valence-corrected chi connectivity index (χ0v) is 8.55. The second kappa shape index (κ2) is 3.39. The lowest BCUT2D eigenvalue weighted by Crippen LogP contribution is -2.35. The molecule has 1 aliphatic heterocycles. The van der Waals surface area contributed by atoms with Crippen LogP contribution in [0.1, 0.15) is 42.0 Å². The molecule has 74 valence electrons. The summed E-state index contributed by atoms with van der Waals surface area (Å²) in [4.78, 5) is 0. The van der Waals surface area contributed by atoms with Crippen LogP contribution in [0.15, 0.2) is 18.2 Å². The number of hydrogen-bond acceptors (Lipinski definition) is 1. The first-order valence-electron chi connectivity index (χ1n) is 5.79. The second-order valence-electron chi connectivity index (χ2n) is 4.49. The molecule has 1 saturated heterocycles. The van der Waals surface area contributed by atoms with Crippen LogP contribution in [0.3, 0.4) is 0 Å². The van der Waals surface area contributed by atoms with Crippen molar-refractivity contribution in [3.8, 4) is 0 Å². The first-order valence-corrected chi connectivity index (χ1v) is 5.79. The molecule has 0 spiro atoms. The molecule has 1 aromatic carbocycles. The van der Waals surface area contributed by atoms with Gasteiger partial charge in [-0.1, -0.05) is 18.2 Å². The predicted octanol–water partition coefficient (Wildman–Crippen LogP) is 2.60. The maximum Gasteiger partial charge on any atom is 0.0335 e. The van der Waals surface area contributed by atoms with Gasteiger partial charge in [0.15, 0.2) is 0 Å². The van der Waals surface area contributed by atoms with Crippen molar-refractivity contribution in [3.05, 3.63) is 34.9 Å². The summed E-state index contributed by atoms with van der Waals surface area (Å²) in [6.45, 7) is 1.20. The molecule has 1 aliphatic carbocycles. The molecule has 14 heavy (non-hydrogen) atoms. The van der Waals surface area contributed by atoms with Gasteiger partial charge in [-0.05, 0) is 55.3 Å². The van der Waals surface area contributed by atoms with E-state index in [9.17, 15) is 0 Å². The molecular weight excluding hydrogens is 170 g/mol. The van der Waals surface area contributed by atoms with Crippen molar-refractivity contribution in [2.24, 2.45) is 0 Å². The Labute approximate surface area is 85.5 Å². The van der Waals surface area contributed by atoms with Crippen molar-refractivity contribution in [2.45, 2.75) is 38.1 Å². The van der Waals surface area contributed by atoms with Crippen LogP contribution < -0.4 is 5.32 Å². The van der Waals surface area contributed by atoms with Gasteiger partial charge in [0.1, 0.15) is 0 Å². The predicted molar refractivity (Wildman–Crippen MR) is 58.4 cm³/mol. The average molecular weight is 187 g/mol. The van der Waals surface area contributed by atoms with Crippen LogP contribution in [0.5, 0.6) is 0 Å². The third-order valence-electron chi connectivity index (χ3n) is 3.63. The zero-order valence-electron chi connectivity index (χ0n) is 8.55. The van der Waals surface area contributed by atoms with Crippen LogP contribution >= 0.6 is 0 Å². The largest absolute Gasteiger partial charge is 0.310 e. The Morgan fingerprint density at radius 2 is 2.00 bits per heavy atom.